The maximum Gasteiger partial charge on any atom is 0.246 e. The van der Waals surface area contributed by atoms with E-state index in [4.69, 9.17) is 4.74 Å². The lowest BCUT2D eigenvalue weighted by molar-refractivity contribution is -0.137. The summed E-state index contributed by atoms with van der Waals surface area (Å²) in [5.41, 5.74) is 2.28. The van der Waals surface area contributed by atoms with Crippen molar-refractivity contribution in [2.75, 3.05) is 26.0 Å². The van der Waals surface area contributed by atoms with Crippen LogP contribution in [0.5, 0.6) is 0 Å². The molecule has 1 aliphatic heterocycles. The highest BCUT2D eigenvalue weighted by Crippen LogP contribution is 2.29. The smallest absolute Gasteiger partial charge is 0.246 e. The topological polar surface area (TPSA) is 58.6 Å². The van der Waals surface area contributed by atoms with Crippen molar-refractivity contribution < 1.29 is 14.3 Å². The van der Waals surface area contributed by atoms with Crippen molar-refractivity contribution >= 4 is 23.6 Å². The van der Waals surface area contributed by atoms with Crippen molar-refractivity contribution in [1.29, 1.82) is 0 Å². The molecule has 2 rings (SSSR count). The Kier molecular flexibility index (Phi) is 6.90. The Hall–Kier alpha value is -1.53. The average molecular weight is 365 g/mol. The molecule has 1 atom stereocenters. The van der Waals surface area contributed by atoms with Crippen LogP contribution in [0.25, 0.3) is 0 Å². The zero-order valence-electron chi connectivity index (χ0n) is 15.5. The van der Waals surface area contributed by atoms with Gasteiger partial charge >= 0.3 is 0 Å². The number of ether oxygens (including phenoxy) is 1. The Balaban J connectivity index is 2.07. The van der Waals surface area contributed by atoms with Crippen LogP contribution in [0.1, 0.15) is 31.4 Å². The predicted octanol–water partition coefficient (Wildman–Crippen LogP) is 2.37. The van der Waals surface area contributed by atoms with E-state index in [-0.39, 0.29) is 11.8 Å². The van der Waals surface area contributed by atoms with E-state index in [1.54, 1.807) is 7.11 Å². The van der Waals surface area contributed by atoms with Gasteiger partial charge in [0.15, 0.2) is 0 Å². The maximum atomic E-state index is 13.0. The number of hydrogen-bond acceptors (Lipinski definition) is 4. The van der Waals surface area contributed by atoms with Gasteiger partial charge in [-0.05, 0) is 32.8 Å². The van der Waals surface area contributed by atoms with Gasteiger partial charge in [0.1, 0.15) is 6.04 Å². The molecule has 0 unspecified atom stereocenters. The number of benzene rings is 1. The van der Waals surface area contributed by atoms with Crippen molar-refractivity contribution in [3.63, 3.8) is 0 Å². The highest BCUT2D eigenvalue weighted by atomic mass is 32.2. The first-order chi connectivity index (χ1) is 11.8. The molecule has 0 spiro atoms. The minimum absolute atomic E-state index is 0.0203. The molecular formula is C19H28N2O3S. The predicted molar refractivity (Wildman–Crippen MR) is 102 cm³/mol. The summed E-state index contributed by atoms with van der Waals surface area (Å²) in [6, 6.07) is 7.73. The molecule has 1 N–H and O–H groups in total. The van der Waals surface area contributed by atoms with Gasteiger partial charge in [0.25, 0.3) is 0 Å². The summed E-state index contributed by atoms with van der Waals surface area (Å²) < 4.78 is 4.64. The summed E-state index contributed by atoms with van der Waals surface area (Å²) in [5.74, 6) is 0.508. The fraction of sp³-hybridized carbons (Fsp3) is 0.579. The number of amides is 2. The Labute approximate surface area is 154 Å². The fourth-order valence-electron chi connectivity index (χ4n) is 2.67. The van der Waals surface area contributed by atoms with Crippen LogP contribution in [0, 0.1) is 6.92 Å². The van der Waals surface area contributed by atoms with E-state index in [0.717, 1.165) is 12.0 Å². The first-order valence-electron chi connectivity index (χ1n) is 8.61. The molecular weight excluding hydrogens is 336 g/mol. The normalized spacial score (nSPS) is 19.4. The third-order valence-corrected chi connectivity index (χ3v) is 5.75. The number of nitrogens with one attached hydrogen (secondary N) is 1. The molecule has 5 nitrogen and oxygen atoms in total. The second-order valence-electron chi connectivity index (χ2n) is 6.94. The molecule has 1 saturated heterocycles. The zero-order chi connectivity index (χ0) is 18.4. The summed E-state index contributed by atoms with van der Waals surface area (Å²) in [6.07, 6.45) is 0.771. The van der Waals surface area contributed by atoms with Crippen LogP contribution in [0.3, 0.4) is 0 Å². The summed E-state index contributed by atoms with van der Waals surface area (Å²) >= 11 is 1.53. The number of nitrogens with zero attached hydrogens (tertiary/aromatic N) is 1. The van der Waals surface area contributed by atoms with E-state index in [1.807, 2.05) is 49.9 Å². The molecule has 1 fully saturated rings. The summed E-state index contributed by atoms with van der Waals surface area (Å²) in [5, 5.41) is 2.89. The molecule has 1 aromatic rings. The number of hydrogen-bond donors (Lipinski definition) is 1. The van der Waals surface area contributed by atoms with Crippen molar-refractivity contribution in [3.8, 4) is 0 Å². The fourth-order valence-corrected chi connectivity index (χ4v) is 3.66. The van der Waals surface area contributed by atoms with Crippen molar-refractivity contribution in [1.82, 2.24) is 10.2 Å². The molecule has 0 bridgehead atoms. The van der Waals surface area contributed by atoms with E-state index in [2.05, 4.69) is 5.32 Å². The monoisotopic (exact) mass is 364 g/mol. The first-order valence-corrected chi connectivity index (χ1v) is 9.60. The van der Waals surface area contributed by atoms with Crippen LogP contribution in [-0.2, 0) is 20.9 Å². The summed E-state index contributed by atoms with van der Waals surface area (Å²) in [6.45, 7) is 7.58. The number of rotatable bonds is 7. The summed E-state index contributed by atoms with van der Waals surface area (Å²) in [4.78, 5) is 27.0. The number of thioether (sulfide) groups is 1. The molecule has 1 aromatic carbocycles. The Morgan fingerprint density at radius 3 is 2.64 bits per heavy atom. The third-order valence-electron chi connectivity index (χ3n) is 4.34. The van der Waals surface area contributed by atoms with Gasteiger partial charge in [0.05, 0.1) is 4.75 Å². The van der Waals surface area contributed by atoms with Crippen molar-refractivity contribution in [3.05, 3.63) is 35.4 Å². The Morgan fingerprint density at radius 2 is 2.04 bits per heavy atom. The lowest BCUT2D eigenvalue weighted by Crippen LogP contribution is -2.57. The van der Waals surface area contributed by atoms with E-state index in [0.29, 0.717) is 25.4 Å². The molecule has 0 saturated carbocycles. The molecule has 25 heavy (non-hydrogen) atoms. The molecule has 138 valence electrons. The van der Waals surface area contributed by atoms with Crippen LogP contribution >= 0.6 is 11.8 Å². The van der Waals surface area contributed by atoms with Crippen LogP contribution in [-0.4, -0.2) is 53.5 Å². The Bertz CT molecular complexity index is 601. The van der Waals surface area contributed by atoms with Crippen molar-refractivity contribution in [2.45, 2.75) is 44.5 Å². The average Bonchev–Trinajstić information content (AvgIpc) is 2.58. The number of aryl methyl sites for hydroxylation is 1. The van der Waals surface area contributed by atoms with E-state index in [9.17, 15) is 9.59 Å². The van der Waals surface area contributed by atoms with Crippen LogP contribution in [0.4, 0.5) is 0 Å². The molecule has 2 amide bonds. The van der Waals surface area contributed by atoms with Crippen LogP contribution in [0.2, 0.25) is 0 Å². The van der Waals surface area contributed by atoms with Gasteiger partial charge in [0.2, 0.25) is 11.8 Å². The van der Waals surface area contributed by atoms with Crippen LogP contribution < -0.4 is 5.32 Å². The quantitative estimate of drug-likeness (QED) is 0.755. The van der Waals surface area contributed by atoms with Gasteiger partial charge in [-0.1, -0.05) is 29.8 Å². The van der Waals surface area contributed by atoms with Crippen LogP contribution in [0.15, 0.2) is 24.3 Å². The van der Waals surface area contributed by atoms with Gasteiger partial charge in [0, 0.05) is 32.6 Å². The molecule has 0 aliphatic carbocycles. The molecule has 0 aromatic heterocycles. The van der Waals surface area contributed by atoms with E-state index in [1.165, 1.54) is 17.3 Å². The minimum Gasteiger partial charge on any atom is -0.385 e. The second-order valence-corrected chi connectivity index (χ2v) is 8.58. The molecule has 0 radical (unpaired) electrons. The van der Waals surface area contributed by atoms with E-state index < -0.39 is 10.8 Å². The second kappa shape index (κ2) is 8.72. The highest BCUT2D eigenvalue weighted by molar-refractivity contribution is 8.01. The molecule has 1 aliphatic rings. The number of methoxy groups -OCH3 is 1. The number of carbonyl (C=O) groups is 2. The third kappa shape index (κ3) is 5.47. The lowest BCUT2D eigenvalue weighted by atomic mass is 10.1. The SMILES string of the molecule is COCCCN(Cc1ccc(C)cc1)C(=O)[C@H]1CSC(C)(C)C(=O)N1. The van der Waals surface area contributed by atoms with E-state index >= 15 is 0 Å². The zero-order valence-corrected chi connectivity index (χ0v) is 16.3. The summed E-state index contributed by atoms with van der Waals surface area (Å²) in [7, 11) is 1.66. The molecule has 6 heteroatoms. The van der Waals surface area contributed by atoms with Gasteiger partial charge in [-0.15, -0.1) is 11.8 Å². The lowest BCUT2D eigenvalue weighted by Gasteiger charge is -2.35. The van der Waals surface area contributed by atoms with Gasteiger partial charge < -0.3 is 15.0 Å². The van der Waals surface area contributed by atoms with Gasteiger partial charge in [-0.25, -0.2) is 0 Å². The Morgan fingerprint density at radius 1 is 1.36 bits per heavy atom. The van der Waals surface area contributed by atoms with Crippen molar-refractivity contribution in [2.24, 2.45) is 0 Å². The highest BCUT2D eigenvalue weighted by Gasteiger charge is 2.39. The van der Waals surface area contributed by atoms with Gasteiger partial charge in [-0.3, -0.25) is 9.59 Å². The molecule has 1 heterocycles. The maximum absolute atomic E-state index is 13.0. The number of carbonyl (C=O) groups excluding carboxylic acids is 2. The first kappa shape index (κ1) is 19.8. The minimum atomic E-state index is -0.478. The van der Waals surface area contributed by atoms with Gasteiger partial charge in [-0.2, -0.15) is 0 Å². The largest absolute Gasteiger partial charge is 0.385 e. The standard InChI is InChI=1S/C19H28N2O3S/c1-14-6-8-15(9-7-14)12-21(10-5-11-24-4)17(22)16-13-25-19(2,3)18(23)20-16/h6-9,16H,5,10-13H2,1-4H3,(H,20,23)/t16-/m1/s1.